The van der Waals surface area contributed by atoms with Crippen LogP contribution in [0.15, 0.2) is 42.9 Å². The van der Waals surface area contributed by atoms with Gasteiger partial charge in [-0.2, -0.15) is 0 Å². The zero-order valence-corrected chi connectivity index (χ0v) is 17.4. The third-order valence-electron chi connectivity index (χ3n) is 4.32. The predicted molar refractivity (Wildman–Crippen MR) is 109 cm³/mol. The molecule has 0 N–H and O–H groups in total. The molecule has 0 saturated carbocycles. The van der Waals surface area contributed by atoms with Gasteiger partial charge in [-0.3, -0.25) is 9.97 Å². The lowest BCUT2D eigenvalue weighted by Crippen LogP contribution is -2.07. The highest BCUT2D eigenvalue weighted by Gasteiger charge is 2.20. The van der Waals surface area contributed by atoms with E-state index in [1.165, 1.54) is 25.4 Å². The summed E-state index contributed by atoms with van der Waals surface area (Å²) in [5, 5.41) is 0.224. The van der Waals surface area contributed by atoms with Crippen molar-refractivity contribution < 1.29 is 18.7 Å². The van der Waals surface area contributed by atoms with Crippen LogP contribution in [0, 0.1) is 12.7 Å². The van der Waals surface area contributed by atoms with Crippen LogP contribution in [0.1, 0.15) is 34.6 Å². The Balaban J connectivity index is 1.95. The molecule has 0 radical (unpaired) electrons. The van der Waals surface area contributed by atoms with Gasteiger partial charge in [0.1, 0.15) is 17.7 Å². The number of aromatic nitrogens is 2. The van der Waals surface area contributed by atoms with Crippen molar-refractivity contribution in [2.24, 2.45) is 0 Å². The smallest absolute Gasteiger partial charge is 0.339 e. The summed E-state index contributed by atoms with van der Waals surface area (Å²) in [6, 6.07) is 6.05. The van der Waals surface area contributed by atoms with Crippen LogP contribution in [0.4, 0.5) is 4.39 Å². The molecule has 150 valence electrons. The summed E-state index contributed by atoms with van der Waals surface area (Å²) in [5.74, 6) is -0.592. The van der Waals surface area contributed by atoms with Crippen molar-refractivity contribution in [1.29, 1.82) is 0 Å². The quantitative estimate of drug-likeness (QED) is 0.373. The Morgan fingerprint density at radius 2 is 1.86 bits per heavy atom. The second-order valence-corrected chi connectivity index (χ2v) is 7.06. The van der Waals surface area contributed by atoms with Crippen molar-refractivity contribution in [3.05, 3.63) is 75.5 Å². The molecule has 0 aliphatic rings. The first kappa shape index (κ1) is 21.0. The zero-order chi connectivity index (χ0) is 21.1. The summed E-state index contributed by atoms with van der Waals surface area (Å²) in [7, 11) is 1.30. The molecule has 0 bridgehead atoms. The van der Waals surface area contributed by atoms with Gasteiger partial charge in [0.05, 0.1) is 23.4 Å². The van der Waals surface area contributed by atoms with Gasteiger partial charge in [-0.15, -0.1) is 0 Å². The molecule has 0 fully saturated rings. The van der Waals surface area contributed by atoms with Gasteiger partial charge in [0, 0.05) is 40.3 Å². The average Bonchev–Trinajstić information content (AvgIpc) is 2.72. The zero-order valence-electron chi connectivity index (χ0n) is 15.9. The van der Waals surface area contributed by atoms with E-state index in [4.69, 9.17) is 32.7 Å². The van der Waals surface area contributed by atoms with E-state index in [9.17, 15) is 9.18 Å². The maximum atomic E-state index is 13.9. The maximum absolute atomic E-state index is 13.9. The number of carbonyl (C=O) groups is 1. The number of aryl methyl sites for hydroxylation is 1. The number of benzene rings is 1. The Hall–Kier alpha value is -2.70. The van der Waals surface area contributed by atoms with Crippen molar-refractivity contribution >= 4 is 29.2 Å². The van der Waals surface area contributed by atoms with E-state index >= 15 is 0 Å². The number of hydrogen-bond donors (Lipinski definition) is 0. The molecule has 3 rings (SSSR count). The number of pyridine rings is 2. The molecule has 0 saturated heterocycles. The third-order valence-corrected chi connectivity index (χ3v) is 5.04. The molecule has 1 unspecified atom stereocenters. The lowest BCUT2D eigenvalue weighted by Gasteiger charge is -2.19. The summed E-state index contributed by atoms with van der Waals surface area (Å²) >= 11 is 12.3. The molecule has 0 aliphatic carbocycles. The number of rotatable bonds is 5. The first-order chi connectivity index (χ1) is 13.8. The molecule has 29 heavy (non-hydrogen) atoms. The molecular weight excluding hydrogens is 418 g/mol. The standard InChI is InChI=1S/C21H17Cl2FN2O3/c1-11-18(29-12(2)19-16(22)4-5-17(24)20(19)23)7-14(10-26-11)13-6-15(9-25-8-13)21(27)28-3/h4-10,12H,1-3H3. The van der Waals surface area contributed by atoms with Crippen molar-refractivity contribution in [1.82, 2.24) is 9.97 Å². The van der Waals surface area contributed by atoms with Crippen LogP contribution >= 0.6 is 23.2 Å². The second kappa shape index (κ2) is 8.76. The number of carbonyl (C=O) groups excluding carboxylic acids is 1. The van der Waals surface area contributed by atoms with Crippen molar-refractivity contribution in [3.63, 3.8) is 0 Å². The van der Waals surface area contributed by atoms with Gasteiger partial charge >= 0.3 is 5.97 Å². The Kier molecular flexibility index (Phi) is 6.35. The van der Waals surface area contributed by atoms with Crippen molar-refractivity contribution in [2.75, 3.05) is 7.11 Å². The SMILES string of the molecule is COC(=O)c1cncc(-c2cnc(C)c(OC(C)c3c(Cl)ccc(F)c3Cl)c2)c1. The highest BCUT2D eigenvalue weighted by Crippen LogP contribution is 2.36. The Morgan fingerprint density at radius 1 is 1.14 bits per heavy atom. The van der Waals surface area contributed by atoms with Crippen LogP contribution in [0.3, 0.4) is 0 Å². The third kappa shape index (κ3) is 4.49. The number of nitrogens with zero attached hydrogens (tertiary/aromatic N) is 2. The Labute approximate surface area is 177 Å². The summed E-state index contributed by atoms with van der Waals surface area (Å²) < 4.78 is 24.6. The number of halogens is 3. The average molecular weight is 435 g/mol. The van der Waals surface area contributed by atoms with Crippen LogP contribution in [-0.4, -0.2) is 23.0 Å². The first-order valence-electron chi connectivity index (χ1n) is 8.62. The van der Waals surface area contributed by atoms with Gasteiger partial charge in [0.15, 0.2) is 0 Å². The lowest BCUT2D eigenvalue weighted by molar-refractivity contribution is 0.0600. The summed E-state index contributed by atoms with van der Waals surface area (Å²) in [6.45, 7) is 3.50. The molecule has 8 heteroatoms. The molecule has 5 nitrogen and oxygen atoms in total. The van der Waals surface area contributed by atoms with E-state index < -0.39 is 17.9 Å². The monoisotopic (exact) mass is 434 g/mol. The van der Waals surface area contributed by atoms with E-state index in [0.717, 1.165) is 0 Å². The minimum Gasteiger partial charge on any atom is -0.484 e. The number of esters is 1. The van der Waals surface area contributed by atoms with E-state index in [-0.39, 0.29) is 5.02 Å². The number of hydrogen-bond acceptors (Lipinski definition) is 5. The molecule has 2 heterocycles. The molecule has 0 spiro atoms. The van der Waals surface area contributed by atoms with Crippen molar-refractivity contribution in [3.8, 4) is 16.9 Å². The Bertz CT molecular complexity index is 1080. The minimum atomic E-state index is -0.624. The molecule has 1 atom stereocenters. The summed E-state index contributed by atoms with van der Waals surface area (Å²) in [4.78, 5) is 20.2. The number of ether oxygens (including phenoxy) is 2. The highest BCUT2D eigenvalue weighted by atomic mass is 35.5. The van der Waals surface area contributed by atoms with Gasteiger partial charge < -0.3 is 9.47 Å². The predicted octanol–water partition coefficient (Wildman–Crippen LogP) is 5.82. The Morgan fingerprint density at radius 3 is 2.59 bits per heavy atom. The molecule has 0 aliphatic heterocycles. The van der Waals surface area contributed by atoms with Crippen molar-refractivity contribution in [2.45, 2.75) is 20.0 Å². The van der Waals surface area contributed by atoms with Gasteiger partial charge in [0.25, 0.3) is 0 Å². The molecule has 0 amide bonds. The van der Waals surface area contributed by atoms with Gasteiger partial charge in [-0.1, -0.05) is 23.2 Å². The van der Waals surface area contributed by atoms with E-state index in [1.54, 1.807) is 38.4 Å². The fourth-order valence-corrected chi connectivity index (χ4v) is 3.46. The first-order valence-corrected chi connectivity index (χ1v) is 9.37. The normalized spacial score (nSPS) is 11.8. The van der Waals surface area contributed by atoms with E-state index in [1.807, 2.05) is 0 Å². The van der Waals surface area contributed by atoms with Gasteiger partial charge in [0.2, 0.25) is 0 Å². The van der Waals surface area contributed by atoms with Crippen LogP contribution < -0.4 is 4.74 Å². The van der Waals surface area contributed by atoms with Gasteiger partial charge in [-0.05, 0) is 38.1 Å². The van der Waals surface area contributed by atoms with Crippen LogP contribution in [0.25, 0.3) is 11.1 Å². The largest absolute Gasteiger partial charge is 0.484 e. The van der Waals surface area contributed by atoms with E-state index in [2.05, 4.69) is 9.97 Å². The van der Waals surface area contributed by atoms with Crippen LogP contribution in [-0.2, 0) is 4.74 Å². The second-order valence-electron chi connectivity index (χ2n) is 6.28. The number of methoxy groups -OCH3 is 1. The molecule has 1 aromatic carbocycles. The highest BCUT2D eigenvalue weighted by molar-refractivity contribution is 6.36. The minimum absolute atomic E-state index is 0.0817. The molecular formula is C21H17Cl2FN2O3. The lowest BCUT2D eigenvalue weighted by atomic mass is 10.1. The van der Waals surface area contributed by atoms with E-state index in [0.29, 0.717) is 38.7 Å². The maximum Gasteiger partial charge on any atom is 0.339 e. The summed E-state index contributed by atoms with van der Waals surface area (Å²) in [5.41, 5.74) is 2.65. The van der Waals surface area contributed by atoms with Crippen LogP contribution in [0.2, 0.25) is 10.0 Å². The van der Waals surface area contributed by atoms with Crippen LogP contribution in [0.5, 0.6) is 5.75 Å². The fourth-order valence-electron chi connectivity index (χ4n) is 2.78. The molecule has 2 aromatic heterocycles. The fraction of sp³-hybridized carbons (Fsp3) is 0.190. The van der Waals surface area contributed by atoms with Gasteiger partial charge in [-0.25, -0.2) is 9.18 Å². The summed E-state index contributed by atoms with van der Waals surface area (Å²) in [6.07, 6.45) is 4.05. The topological polar surface area (TPSA) is 61.3 Å². The molecule has 3 aromatic rings.